The van der Waals surface area contributed by atoms with E-state index in [4.69, 9.17) is 9.26 Å². The number of ether oxygens (including phenoxy) is 1. The van der Waals surface area contributed by atoms with E-state index in [-0.39, 0.29) is 12.1 Å². The van der Waals surface area contributed by atoms with Gasteiger partial charge in [-0.05, 0) is 36.5 Å². The van der Waals surface area contributed by atoms with Gasteiger partial charge in [-0.15, -0.1) is 0 Å². The Morgan fingerprint density at radius 1 is 1.38 bits per heavy atom. The van der Waals surface area contributed by atoms with Gasteiger partial charge in [-0.2, -0.15) is 0 Å². The molecule has 1 aliphatic heterocycles. The van der Waals surface area contributed by atoms with Crippen molar-refractivity contribution in [1.82, 2.24) is 20.4 Å². The van der Waals surface area contributed by atoms with Gasteiger partial charge in [-0.3, -0.25) is 4.98 Å². The van der Waals surface area contributed by atoms with Crippen LogP contribution in [0.25, 0.3) is 0 Å². The molecule has 0 aromatic carbocycles. The van der Waals surface area contributed by atoms with Crippen LogP contribution >= 0.6 is 0 Å². The molecule has 140 valence electrons. The second-order valence-corrected chi connectivity index (χ2v) is 6.90. The Bertz CT molecular complexity index is 696. The number of hydrogen-bond donors (Lipinski definition) is 1. The predicted molar refractivity (Wildman–Crippen MR) is 96.4 cm³/mol. The van der Waals surface area contributed by atoms with E-state index < -0.39 is 0 Å². The minimum absolute atomic E-state index is 0.0976. The number of carbonyl (C=O) groups is 1. The van der Waals surface area contributed by atoms with Crippen LogP contribution < -0.4 is 5.32 Å². The molecular formula is C19H26N4O3. The zero-order chi connectivity index (χ0) is 18.4. The molecule has 0 spiro atoms. The maximum Gasteiger partial charge on any atom is 0.318 e. The third-order valence-electron chi connectivity index (χ3n) is 4.44. The second kappa shape index (κ2) is 8.80. The SMILES string of the molecule is CC(C)c1cc(CNC(=O)N(Cc2ccncc2)C[C@H]2CCCO2)on1. The molecule has 2 aromatic heterocycles. The summed E-state index contributed by atoms with van der Waals surface area (Å²) in [5.74, 6) is 0.953. The van der Waals surface area contributed by atoms with E-state index in [1.807, 2.05) is 18.2 Å². The number of pyridine rings is 1. The summed E-state index contributed by atoms with van der Waals surface area (Å²) in [6.45, 7) is 6.28. The van der Waals surface area contributed by atoms with E-state index in [1.54, 1.807) is 17.3 Å². The lowest BCUT2D eigenvalue weighted by molar-refractivity contribution is 0.0793. The Morgan fingerprint density at radius 3 is 2.85 bits per heavy atom. The molecule has 1 saturated heterocycles. The summed E-state index contributed by atoms with van der Waals surface area (Å²) >= 11 is 0. The van der Waals surface area contributed by atoms with E-state index in [2.05, 4.69) is 29.3 Å². The van der Waals surface area contributed by atoms with Gasteiger partial charge in [-0.25, -0.2) is 4.79 Å². The number of nitrogens with one attached hydrogen (secondary N) is 1. The molecule has 0 bridgehead atoms. The minimum atomic E-state index is -0.139. The van der Waals surface area contributed by atoms with Gasteiger partial charge in [0.2, 0.25) is 0 Å². The van der Waals surface area contributed by atoms with Crippen LogP contribution in [0.5, 0.6) is 0 Å². The molecule has 3 heterocycles. The Balaban J connectivity index is 1.61. The number of nitrogens with zero attached hydrogens (tertiary/aromatic N) is 3. The van der Waals surface area contributed by atoms with Crippen LogP contribution in [0.1, 0.15) is 49.6 Å². The fourth-order valence-corrected chi connectivity index (χ4v) is 2.92. The molecule has 2 amide bonds. The first kappa shape index (κ1) is 18.4. The van der Waals surface area contributed by atoms with Crippen LogP contribution in [-0.2, 0) is 17.8 Å². The zero-order valence-corrected chi connectivity index (χ0v) is 15.4. The quantitative estimate of drug-likeness (QED) is 0.823. The highest BCUT2D eigenvalue weighted by atomic mass is 16.5. The van der Waals surface area contributed by atoms with Gasteiger partial charge >= 0.3 is 6.03 Å². The number of amides is 2. The fraction of sp³-hybridized carbons (Fsp3) is 0.526. The topological polar surface area (TPSA) is 80.5 Å². The lowest BCUT2D eigenvalue weighted by atomic mass is 10.1. The third-order valence-corrected chi connectivity index (χ3v) is 4.44. The molecular weight excluding hydrogens is 332 g/mol. The summed E-state index contributed by atoms with van der Waals surface area (Å²) in [5.41, 5.74) is 1.93. The smallest absolute Gasteiger partial charge is 0.318 e. The number of aromatic nitrogens is 2. The molecule has 1 fully saturated rings. The molecule has 7 nitrogen and oxygen atoms in total. The van der Waals surface area contributed by atoms with Crippen LogP contribution in [0.4, 0.5) is 4.79 Å². The van der Waals surface area contributed by atoms with Crippen molar-refractivity contribution in [2.45, 2.75) is 51.8 Å². The maximum absolute atomic E-state index is 12.7. The maximum atomic E-state index is 12.7. The lowest BCUT2D eigenvalue weighted by Gasteiger charge is -2.25. The molecule has 3 rings (SSSR count). The van der Waals surface area contributed by atoms with E-state index in [9.17, 15) is 4.79 Å². The average molecular weight is 358 g/mol. The summed E-state index contributed by atoms with van der Waals surface area (Å²) < 4.78 is 11.0. The van der Waals surface area contributed by atoms with Crippen LogP contribution in [0.15, 0.2) is 35.1 Å². The number of hydrogen-bond acceptors (Lipinski definition) is 5. The van der Waals surface area contributed by atoms with Gasteiger partial charge in [0.15, 0.2) is 5.76 Å². The largest absolute Gasteiger partial charge is 0.376 e. The summed E-state index contributed by atoms with van der Waals surface area (Å²) in [7, 11) is 0. The van der Waals surface area contributed by atoms with Crippen molar-refractivity contribution in [3.8, 4) is 0 Å². The van der Waals surface area contributed by atoms with Gasteiger partial charge in [0.25, 0.3) is 0 Å². The summed E-state index contributed by atoms with van der Waals surface area (Å²) in [4.78, 5) is 18.5. The van der Waals surface area contributed by atoms with Crippen molar-refractivity contribution < 1.29 is 14.1 Å². The highest BCUT2D eigenvalue weighted by Gasteiger charge is 2.23. The van der Waals surface area contributed by atoms with Crippen molar-refractivity contribution in [3.63, 3.8) is 0 Å². The van der Waals surface area contributed by atoms with Gasteiger partial charge < -0.3 is 19.5 Å². The minimum Gasteiger partial charge on any atom is -0.376 e. The molecule has 0 unspecified atom stereocenters. The lowest BCUT2D eigenvalue weighted by Crippen LogP contribution is -2.43. The Hall–Kier alpha value is -2.41. The highest BCUT2D eigenvalue weighted by Crippen LogP contribution is 2.16. The van der Waals surface area contributed by atoms with E-state index in [0.29, 0.717) is 31.3 Å². The van der Waals surface area contributed by atoms with Crippen molar-refractivity contribution in [2.24, 2.45) is 0 Å². The fourth-order valence-electron chi connectivity index (χ4n) is 2.92. The molecule has 1 N–H and O–H groups in total. The van der Waals surface area contributed by atoms with Crippen molar-refractivity contribution in [2.75, 3.05) is 13.2 Å². The summed E-state index contributed by atoms with van der Waals surface area (Å²) in [6, 6.07) is 5.58. The monoisotopic (exact) mass is 358 g/mol. The average Bonchev–Trinajstić information content (AvgIpc) is 3.32. The van der Waals surface area contributed by atoms with Crippen molar-refractivity contribution in [3.05, 3.63) is 47.6 Å². The Labute approximate surface area is 153 Å². The first-order valence-corrected chi connectivity index (χ1v) is 9.10. The molecule has 7 heteroatoms. The molecule has 1 atom stereocenters. The molecule has 26 heavy (non-hydrogen) atoms. The predicted octanol–water partition coefficient (Wildman–Crippen LogP) is 3.08. The Kier molecular flexibility index (Phi) is 6.22. The van der Waals surface area contributed by atoms with Gasteiger partial charge in [0.1, 0.15) is 0 Å². The van der Waals surface area contributed by atoms with Crippen LogP contribution in [0, 0.1) is 0 Å². The van der Waals surface area contributed by atoms with Gasteiger partial charge in [-0.1, -0.05) is 19.0 Å². The number of rotatable bonds is 7. The van der Waals surface area contributed by atoms with Crippen LogP contribution in [0.2, 0.25) is 0 Å². The van der Waals surface area contributed by atoms with Crippen LogP contribution in [0.3, 0.4) is 0 Å². The first-order valence-electron chi connectivity index (χ1n) is 9.10. The number of urea groups is 1. The summed E-state index contributed by atoms with van der Waals surface area (Å²) in [6.07, 6.45) is 5.60. The molecule has 2 aromatic rings. The summed E-state index contributed by atoms with van der Waals surface area (Å²) in [5, 5.41) is 6.95. The second-order valence-electron chi connectivity index (χ2n) is 6.90. The highest BCUT2D eigenvalue weighted by molar-refractivity contribution is 5.74. The van der Waals surface area contributed by atoms with Gasteiger partial charge in [0.05, 0.1) is 18.3 Å². The molecule has 0 radical (unpaired) electrons. The Morgan fingerprint density at radius 2 is 2.19 bits per heavy atom. The molecule has 0 saturated carbocycles. The van der Waals surface area contributed by atoms with E-state index in [1.165, 1.54) is 0 Å². The molecule has 0 aliphatic carbocycles. The molecule has 1 aliphatic rings. The number of carbonyl (C=O) groups excluding carboxylic acids is 1. The van der Waals surface area contributed by atoms with Crippen molar-refractivity contribution in [1.29, 1.82) is 0 Å². The van der Waals surface area contributed by atoms with Crippen molar-refractivity contribution >= 4 is 6.03 Å². The van der Waals surface area contributed by atoms with Crippen LogP contribution in [-0.4, -0.2) is 40.3 Å². The van der Waals surface area contributed by atoms with E-state index in [0.717, 1.165) is 30.7 Å². The normalized spacial score (nSPS) is 16.8. The third kappa shape index (κ3) is 5.05. The van der Waals surface area contributed by atoms with Gasteiger partial charge in [0, 0.05) is 38.2 Å². The van der Waals surface area contributed by atoms with E-state index >= 15 is 0 Å². The zero-order valence-electron chi connectivity index (χ0n) is 15.4. The first-order chi connectivity index (χ1) is 12.6. The standard InChI is InChI=1S/C19H26N4O3/c1-14(2)18-10-17(26-22-18)11-21-19(24)23(13-16-4-3-9-25-16)12-15-5-7-20-8-6-15/h5-8,10,14,16H,3-4,9,11-13H2,1-2H3,(H,21,24)/t16-/m1/s1.